The Kier molecular flexibility index (Phi) is 4.53. The summed E-state index contributed by atoms with van der Waals surface area (Å²) in [4.78, 5) is 23.8. The predicted octanol–water partition coefficient (Wildman–Crippen LogP) is 1.23. The predicted molar refractivity (Wildman–Crippen MR) is 77.4 cm³/mol. The average molecular weight is 299 g/mol. The second-order valence-corrected chi connectivity index (χ2v) is 4.28. The largest absolute Gasteiger partial charge is 0.497 e. The number of benzene rings is 1. The van der Waals surface area contributed by atoms with Gasteiger partial charge in [-0.2, -0.15) is 10.4 Å². The first-order valence-electron chi connectivity index (χ1n) is 6.32. The number of nitrogens with zero attached hydrogens (tertiary/aromatic N) is 3. The molecule has 1 aromatic heterocycles. The van der Waals surface area contributed by atoms with E-state index < -0.39 is 11.5 Å². The number of rotatable bonds is 4. The topological polar surface area (TPSA) is 94.2 Å². The van der Waals surface area contributed by atoms with Gasteiger partial charge in [0.2, 0.25) is 0 Å². The summed E-state index contributed by atoms with van der Waals surface area (Å²) in [5.41, 5.74) is 0.236. The Labute approximate surface area is 126 Å². The van der Waals surface area contributed by atoms with Gasteiger partial charge in [-0.3, -0.25) is 4.79 Å². The zero-order valence-electron chi connectivity index (χ0n) is 12.1. The van der Waals surface area contributed by atoms with Gasteiger partial charge in [-0.05, 0) is 30.3 Å². The highest BCUT2D eigenvalue weighted by atomic mass is 16.5. The molecule has 2 rings (SSSR count). The normalized spacial score (nSPS) is 9.86. The lowest BCUT2D eigenvalue weighted by atomic mass is 10.1. The molecule has 0 amide bonds. The zero-order chi connectivity index (χ0) is 16.1. The fourth-order valence-electron chi connectivity index (χ4n) is 1.88. The van der Waals surface area contributed by atoms with E-state index in [0.717, 1.165) is 4.68 Å². The molecule has 0 aliphatic rings. The van der Waals surface area contributed by atoms with E-state index in [0.29, 0.717) is 17.0 Å². The van der Waals surface area contributed by atoms with Crippen molar-refractivity contribution in [1.29, 1.82) is 5.26 Å². The SMILES string of the molecule is COC(=O)c1cc(-c2ccc(OC)cc2)nn(CC#N)c1=O. The second kappa shape index (κ2) is 6.54. The van der Waals surface area contributed by atoms with Crippen molar-refractivity contribution in [2.45, 2.75) is 6.54 Å². The molecule has 0 saturated carbocycles. The van der Waals surface area contributed by atoms with Crippen LogP contribution < -0.4 is 10.3 Å². The highest BCUT2D eigenvalue weighted by molar-refractivity contribution is 5.90. The monoisotopic (exact) mass is 299 g/mol. The summed E-state index contributed by atoms with van der Waals surface area (Å²) >= 11 is 0. The molecule has 0 atom stereocenters. The minimum atomic E-state index is -0.770. The van der Waals surface area contributed by atoms with Crippen LogP contribution in [0, 0.1) is 11.3 Å². The third kappa shape index (κ3) is 2.96. The summed E-state index contributed by atoms with van der Waals surface area (Å²) in [5.74, 6) is -0.101. The molecule has 22 heavy (non-hydrogen) atoms. The first-order valence-corrected chi connectivity index (χ1v) is 6.32. The van der Waals surface area contributed by atoms with Crippen LogP contribution >= 0.6 is 0 Å². The number of ether oxygens (including phenoxy) is 2. The lowest BCUT2D eigenvalue weighted by molar-refractivity contribution is 0.0597. The minimum absolute atomic E-state index is 0.168. The van der Waals surface area contributed by atoms with Gasteiger partial charge in [0, 0.05) is 5.56 Å². The van der Waals surface area contributed by atoms with Crippen LogP contribution in [-0.4, -0.2) is 30.0 Å². The molecule has 1 aromatic carbocycles. The summed E-state index contributed by atoms with van der Waals surface area (Å²) < 4.78 is 10.6. The maximum absolute atomic E-state index is 12.1. The molecular weight excluding hydrogens is 286 g/mol. The molecule has 0 aliphatic carbocycles. The molecule has 0 fully saturated rings. The molecule has 0 spiro atoms. The van der Waals surface area contributed by atoms with Crippen LogP contribution in [0.25, 0.3) is 11.3 Å². The molecule has 7 heteroatoms. The maximum Gasteiger partial charge on any atom is 0.343 e. The van der Waals surface area contributed by atoms with Gasteiger partial charge < -0.3 is 9.47 Å². The molecule has 2 aromatic rings. The van der Waals surface area contributed by atoms with Gasteiger partial charge in [0.1, 0.15) is 17.9 Å². The van der Waals surface area contributed by atoms with Crippen molar-refractivity contribution in [2.24, 2.45) is 0 Å². The van der Waals surface area contributed by atoms with E-state index in [1.807, 2.05) is 6.07 Å². The standard InChI is InChI=1S/C15H13N3O4/c1-21-11-5-3-10(4-6-11)13-9-12(15(20)22-2)14(19)18(17-13)8-7-16/h3-6,9H,8H2,1-2H3. The Morgan fingerprint density at radius 3 is 2.55 bits per heavy atom. The summed E-state index contributed by atoms with van der Waals surface area (Å²) in [6.07, 6.45) is 0. The van der Waals surface area contributed by atoms with Crippen LogP contribution in [0.3, 0.4) is 0 Å². The van der Waals surface area contributed by atoms with Gasteiger partial charge in [-0.15, -0.1) is 0 Å². The van der Waals surface area contributed by atoms with Crippen molar-refractivity contribution in [1.82, 2.24) is 9.78 Å². The van der Waals surface area contributed by atoms with Gasteiger partial charge in [0.15, 0.2) is 0 Å². The lowest BCUT2D eigenvalue weighted by Gasteiger charge is -2.08. The summed E-state index contributed by atoms with van der Waals surface area (Å²) in [6, 6.07) is 10.1. The molecule has 112 valence electrons. The summed E-state index contributed by atoms with van der Waals surface area (Å²) in [7, 11) is 2.74. The van der Waals surface area contributed by atoms with Gasteiger partial charge >= 0.3 is 5.97 Å². The van der Waals surface area contributed by atoms with E-state index in [-0.39, 0.29) is 12.1 Å². The molecular formula is C15H13N3O4. The number of carbonyl (C=O) groups is 1. The zero-order valence-corrected chi connectivity index (χ0v) is 12.1. The molecule has 7 nitrogen and oxygen atoms in total. The van der Waals surface area contributed by atoms with Crippen LogP contribution in [0.15, 0.2) is 35.1 Å². The third-order valence-electron chi connectivity index (χ3n) is 2.99. The van der Waals surface area contributed by atoms with Crippen molar-refractivity contribution in [2.75, 3.05) is 14.2 Å². The molecule has 0 saturated heterocycles. The van der Waals surface area contributed by atoms with Crippen molar-refractivity contribution in [3.8, 4) is 23.1 Å². The van der Waals surface area contributed by atoms with Gasteiger partial charge in [0.05, 0.1) is 26.0 Å². The number of nitriles is 1. The highest BCUT2D eigenvalue weighted by Crippen LogP contribution is 2.20. The molecule has 0 unspecified atom stereocenters. The first-order chi connectivity index (χ1) is 10.6. The maximum atomic E-state index is 12.1. The molecule has 0 bridgehead atoms. The van der Waals surface area contributed by atoms with Crippen molar-refractivity contribution in [3.05, 3.63) is 46.2 Å². The van der Waals surface area contributed by atoms with E-state index in [2.05, 4.69) is 9.84 Å². The van der Waals surface area contributed by atoms with Gasteiger partial charge in [-0.25, -0.2) is 9.48 Å². The van der Waals surface area contributed by atoms with Gasteiger partial charge in [0.25, 0.3) is 5.56 Å². The van der Waals surface area contributed by atoms with Crippen LogP contribution in [0.4, 0.5) is 0 Å². The van der Waals surface area contributed by atoms with Crippen molar-refractivity contribution >= 4 is 5.97 Å². The van der Waals surface area contributed by atoms with Crippen LogP contribution in [0.5, 0.6) is 5.75 Å². The fraction of sp³-hybridized carbons (Fsp3) is 0.200. The van der Waals surface area contributed by atoms with E-state index in [1.54, 1.807) is 31.4 Å². The number of carbonyl (C=O) groups excluding carboxylic acids is 1. The van der Waals surface area contributed by atoms with Crippen molar-refractivity contribution < 1.29 is 14.3 Å². The summed E-state index contributed by atoms with van der Waals surface area (Å²) in [6.45, 7) is -0.257. The van der Waals surface area contributed by atoms with E-state index in [9.17, 15) is 9.59 Å². The number of esters is 1. The minimum Gasteiger partial charge on any atom is -0.497 e. The van der Waals surface area contributed by atoms with Crippen molar-refractivity contribution in [3.63, 3.8) is 0 Å². The number of methoxy groups -OCH3 is 2. The Balaban J connectivity index is 2.59. The molecule has 0 radical (unpaired) electrons. The smallest absolute Gasteiger partial charge is 0.343 e. The van der Waals surface area contributed by atoms with Gasteiger partial charge in [-0.1, -0.05) is 0 Å². The number of hydrogen-bond acceptors (Lipinski definition) is 6. The molecule has 0 N–H and O–H groups in total. The summed E-state index contributed by atoms with van der Waals surface area (Å²) in [5, 5.41) is 12.9. The van der Waals surface area contributed by atoms with Crippen LogP contribution in [0.1, 0.15) is 10.4 Å². The van der Waals surface area contributed by atoms with E-state index >= 15 is 0 Å². The van der Waals surface area contributed by atoms with Crippen LogP contribution in [-0.2, 0) is 11.3 Å². The molecule has 1 heterocycles. The number of hydrogen-bond donors (Lipinski definition) is 0. The van der Waals surface area contributed by atoms with Crippen LogP contribution in [0.2, 0.25) is 0 Å². The Hall–Kier alpha value is -3.14. The Morgan fingerprint density at radius 1 is 1.32 bits per heavy atom. The molecule has 0 aliphatic heterocycles. The Morgan fingerprint density at radius 2 is 2.00 bits per heavy atom. The quantitative estimate of drug-likeness (QED) is 0.788. The third-order valence-corrected chi connectivity index (χ3v) is 2.99. The average Bonchev–Trinajstić information content (AvgIpc) is 2.56. The Bertz CT molecular complexity index is 788. The number of aromatic nitrogens is 2. The lowest BCUT2D eigenvalue weighted by Crippen LogP contribution is -2.29. The van der Waals surface area contributed by atoms with E-state index in [4.69, 9.17) is 10.00 Å². The first kappa shape index (κ1) is 15.3. The van der Waals surface area contributed by atoms with E-state index in [1.165, 1.54) is 13.2 Å². The fourth-order valence-corrected chi connectivity index (χ4v) is 1.88. The second-order valence-electron chi connectivity index (χ2n) is 4.28. The highest BCUT2D eigenvalue weighted by Gasteiger charge is 2.16.